The first-order chi connectivity index (χ1) is 8.46. The molecule has 1 N–H and O–H groups in total. The van der Waals surface area contributed by atoms with Gasteiger partial charge >= 0.3 is 5.63 Å². The van der Waals surface area contributed by atoms with Gasteiger partial charge in [-0.15, -0.1) is 11.8 Å². The second-order valence-electron chi connectivity index (χ2n) is 3.65. The molecule has 7 heteroatoms. The number of rotatable bonds is 4. The van der Waals surface area contributed by atoms with Crippen LogP contribution < -0.4 is 5.63 Å². The van der Waals surface area contributed by atoms with Gasteiger partial charge in [0.1, 0.15) is 10.7 Å². The molecule has 0 unspecified atom stereocenters. The maximum Gasteiger partial charge on any atom is 0.340 e. The summed E-state index contributed by atoms with van der Waals surface area (Å²) in [4.78, 5) is 11.6. The highest BCUT2D eigenvalue weighted by Gasteiger charge is 2.08. The van der Waals surface area contributed by atoms with E-state index in [2.05, 4.69) is 0 Å². The van der Waals surface area contributed by atoms with E-state index in [1.54, 1.807) is 24.3 Å². The Kier molecular flexibility index (Phi) is 3.74. The van der Waals surface area contributed by atoms with Gasteiger partial charge in [0, 0.05) is 16.7 Å². The molecule has 5 nitrogen and oxygen atoms in total. The minimum absolute atomic E-state index is 0.174. The van der Waals surface area contributed by atoms with Crippen LogP contribution in [0.1, 0.15) is 5.56 Å². The van der Waals surface area contributed by atoms with E-state index in [4.69, 9.17) is 8.97 Å². The second kappa shape index (κ2) is 5.13. The number of fused-ring (bicyclic) bond motifs is 1. The lowest BCUT2D eigenvalue weighted by molar-refractivity contribution is 0.489. The van der Waals surface area contributed by atoms with E-state index in [0.717, 1.165) is 17.1 Å². The number of thioether (sulfide) groups is 1. The Balaban J connectivity index is 2.23. The minimum Gasteiger partial charge on any atom is -0.423 e. The van der Waals surface area contributed by atoms with E-state index in [-0.39, 0.29) is 5.75 Å². The number of para-hydroxylation sites is 1. The summed E-state index contributed by atoms with van der Waals surface area (Å²) in [7, 11) is -4.02. The molecule has 0 fully saturated rings. The molecule has 0 radical (unpaired) electrons. The van der Waals surface area contributed by atoms with Crippen molar-refractivity contribution < 1.29 is 17.4 Å². The minimum atomic E-state index is -4.02. The molecule has 1 aromatic carbocycles. The number of hydrogen-bond acceptors (Lipinski definition) is 5. The Morgan fingerprint density at radius 2 is 2.00 bits per heavy atom. The smallest absolute Gasteiger partial charge is 0.340 e. The standard InChI is InChI=1S/C11H10O5S2/c12-11-9(6-17-7-18(13,14)15)5-8-3-1-2-4-10(8)16-11/h1-5H,6-7H2,(H,13,14,15). The average molecular weight is 286 g/mol. The van der Waals surface area contributed by atoms with E-state index in [0.29, 0.717) is 11.1 Å². The fourth-order valence-electron chi connectivity index (χ4n) is 1.46. The van der Waals surface area contributed by atoms with Crippen molar-refractivity contribution in [2.45, 2.75) is 5.75 Å². The summed E-state index contributed by atoms with van der Waals surface area (Å²) in [5.41, 5.74) is 0.380. The largest absolute Gasteiger partial charge is 0.423 e. The molecule has 0 aliphatic rings. The molecule has 0 atom stereocenters. The molecule has 0 saturated carbocycles. The van der Waals surface area contributed by atoms with Crippen LogP contribution in [0.2, 0.25) is 0 Å². The zero-order chi connectivity index (χ0) is 13.2. The van der Waals surface area contributed by atoms with E-state index in [1.807, 2.05) is 6.07 Å². The molecular formula is C11H10O5S2. The highest BCUT2D eigenvalue weighted by Crippen LogP contribution is 2.16. The maximum atomic E-state index is 11.6. The van der Waals surface area contributed by atoms with Gasteiger partial charge in [0.2, 0.25) is 0 Å². The first kappa shape index (κ1) is 13.1. The molecule has 1 aromatic heterocycles. The first-order valence-electron chi connectivity index (χ1n) is 5.00. The van der Waals surface area contributed by atoms with Crippen molar-refractivity contribution in [1.82, 2.24) is 0 Å². The van der Waals surface area contributed by atoms with Gasteiger partial charge in [-0.1, -0.05) is 18.2 Å². The zero-order valence-electron chi connectivity index (χ0n) is 9.20. The predicted molar refractivity (Wildman–Crippen MR) is 70.2 cm³/mol. The fourth-order valence-corrected chi connectivity index (χ4v) is 3.06. The third-order valence-corrected chi connectivity index (χ3v) is 4.58. The Bertz CT molecular complexity index is 718. The van der Waals surface area contributed by atoms with Crippen LogP contribution in [0.5, 0.6) is 0 Å². The normalized spacial score (nSPS) is 11.8. The third-order valence-electron chi connectivity index (χ3n) is 2.20. The van der Waals surface area contributed by atoms with E-state index >= 15 is 0 Å². The van der Waals surface area contributed by atoms with Crippen molar-refractivity contribution in [2.24, 2.45) is 0 Å². The first-order valence-corrected chi connectivity index (χ1v) is 7.77. The molecule has 0 spiro atoms. The highest BCUT2D eigenvalue weighted by molar-refractivity contribution is 8.10. The van der Waals surface area contributed by atoms with Crippen LogP contribution in [0.15, 0.2) is 39.5 Å². The van der Waals surface area contributed by atoms with Crippen LogP contribution in [0.3, 0.4) is 0 Å². The second-order valence-corrected chi connectivity index (χ2v) is 6.45. The van der Waals surface area contributed by atoms with Crippen molar-refractivity contribution in [3.05, 3.63) is 46.3 Å². The topological polar surface area (TPSA) is 84.6 Å². The highest BCUT2D eigenvalue weighted by atomic mass is 32.3. The van der Waals surface area contributed by atoms with Gasteiger partial charge in [0.05, 0.1) is 0 Å². The van der Waals surface area contributed by atoms with Crippen molar-refractivity contribution in [3.63, 3.8) is 0 Å². The van der Waals surface area contributed by atoms with Crippen LogP contribution in [-0.4, -0.2) is 18.1 Å². The molecule has 1 heterocycles. The molecule has 2 rings (SSSR count). The van der Waals surface area contributed by atoms with Crippen LogP contribution in [0.25, 0.3) is 11.0 Å². The molecule has 0 amide bonds. The van der Waals surface area contributed by atoms with Crippen LogP contribution in [-0.2, 0) is 15.9 Å². The van der Waals surface area contributed by atoms with Gasteiger partial charge in [-0.2, -0.15) is 8.42 Å². The summed E-state index contributed by atoms with van der Waals surface area (Å²) in [5.74, 6) is 0.174. The van der Waals surface area contributed by atoms with Crippen molar-refractivity contribution in [1.29, 1.82) is 0 Å². The number of benzene rings is 1. The molecule has 0 aliphatic heterocycles. The molecule has 96 valence electrons. The van der Waals surface area contributed by atoms with E-state index < -0.39 is 20.8 Å². The molecule has 18 heavy (non-hydrogen) atoms. The maximum absolute atomic E-state index is 11.6. The predicted octanol–water partition coefficient (Wildman–Crippen LogP) is 1.87. The van der Waals surface area contributed by atoms with Crippen molar-refractivity contribution in [3.8, 4) is 0 Å². The Morgan fingerprint density at radius 3 is 2.72 bits per heavy atom. The summed E-state index contributed by atoms with van der Waals surface area (Å²) in [6.45, 7) is 0. The van der Waals surface area contributed by atoms with Gasteiger partial charge in [0.15, 0.2) is 0 Å². The monoisotopic (exact) mass is 286 g/mol. The van der Waals surface area contributed by atoms with Gasteiger partial charge in [-0.25, -0.2) is 4.79 Å². The summed E-state index contributed by atoms with van der Waals surface area (Å²) in [6, 6.07) is 8.73. The van der Waals surface area contributed by atoms with Crippen molar-refractivity contribution in [2.75, 3.05) is 5.08 Å². The molecular weight excluding hydrogens is 276 g/mol. The molecule has 0 bridgehead atoms. The van der Waals surface area contributed by atoms with Gasteiger partial charge < -0.3 is 4.42 Å². The lowest BCUT2D eigenvalue weighted by atomic mass is 10.2. The van der Waals surface area contributed by atoms with Gasteiger partial charge in [-0.05, 0) is 12.1 Å². The third kappa shape index (κ3) is 3.34. The van der Waals surface area contributed by atoms with Gasteiger partial charge in [-0.3, -0.25) is 4.55 Å². The Hall–Kier alpha value is -1.31. The van der Waals surface area contributed by atoms with Crippen LogP contribution in [0.4, 0.5) is 0 Å². The van der Waals surface area contributed by atoms with Gasteiger partial charge in [0.25, 0.3) is 10.1 Å². The zero-order valence-corrected chi connectivity index (χ0v) is 10.8. The van der Waals surface area contributed by atoms with Crippen LogP contribution in [0, 0.1) is 0 Å². The lowest BCUT2D eigenvalue weighted by Crippen LogP contribution is -2.07. The Morgan fingerprint density at radius 1 is 1.28 bits per heavy atom. The van der Waals surface area contributed by atoms with Crippen molar-refractivity contribution >= 4 is 32.8 Å². The summed E-state index contributed by atoms with van der Waals surface area (Å²) in [5, 5.41) is 0.332. The lowest BCUT2D eigenvalue weighted by Gasteiger charge is -2.01. The Labute approximate surface area is 108 Å². The van der Waals surface area contributed by atoms with E-state index in [9.17, 15) is 13.2 Å². The fraction of sp³-hybridized carbons (Fsp3) is 0.182. The molecule has 0 saturated heterocycles. The molecule has 2 aromatic rings. The quantitative estimate of drug-likeness (QED) is 0.682. The number of hydrogen-bond donors (Lipinski definition) is 1. The average Bonchev–Trinajstić information content (AvgIpc) is 2.28. The summed E-state index contributed by atoms with van der Waals surface area (Å²) >= 11 is 0.938. The summed E-state index contributed by atoms with van der Waals surface area (Å²) < 4.78 is 34.8. The SMILES string of the molecule is O=c1oc2ccccc2cc1CSCS(=O)(=O)O. The summed E-state index contributed by atoms with van der Waals surface area (Å²) in [6.07, 6.45) is 0. The van der Waals surface area contributed by atoms with Crippen LogP contribution >= 0.6 is 11.8 Å². The molecule has 0 aliphatic carbocycles. The van der Waals surface area contributed by atoms with E-state index in [1.165, 1.54) is 0 Å².